The van der Waals surface area contributed by atoms with Crippen LogP contribution in [0, 0.1) is 0 Å². The summed E-state index contributed by atoms with van der Waals surface area (Å²) in [5.74, 6) is 0. The molecule has 0 aliphatic rings. The average molecular weight is 424 g/mol. The number of hydrogen-bond donors (Lipinski definition) is 0. The maximum atomic E-state index is 11.3. The van der Waals surface area contributed by atoms with Crippen LogP contribution >= 0.6 is 25.9 Å². The van der Waals surface area contributed by atoms with Crippen molar-refractivity contribution in [3.63, 3.8) is 0 Å². The molecule has 27 heavy (non-hydrogen) atoms. The first-order valence-electron chi connectivity index (χ1n) is 9.68. The van der Waals surface area contributed by atoms with E-state index in [1.165, 1.54) is 6.42 Å². The minimum absolute atomic E-state index is 0.0306. The third-order valence-corrected chi connectivity index (χ3v) is 5.06. The second kappa shape index (κ2) is 21.7. The highest BCUT2D eigenvalue weighted by Gasteiger charge is 2.00. The van der Waals surface area contributed by atoms with E-state index in [0.29, 0.717) is 8.50 Å². The van der Waals surface area contributed by atoms with E-state index >= 15 is 0 Å². The molecule has 150 valence electrons. The fraction of sp³-hybridized carbons (Fsp3) is 0.455. The van der Waals surface area contributed by atoms with Gasteiger partial charge in [-0.1, -0.05) is 102 Å². The zero-order valence-corrected chi connectivity index (χ0v) is 19.7. The van der Waals surface area contributed by atoms with Gasteiger partial charge in [0.15, 0.2) is 8.46 Å². The quantitative estimate of drug-likeness (QED) is 0.142. The largest absolute Gasteiger partial charge is 0.351 e. The highest BCUT2D eigenvalue weighted by atomic mass is 32.0. The van der Waals surface area contributed by atoms with E-state index in [4.69, 9.17) is 4.52 Å². The second-order valence-corrected chi connectivity index (χ2v) is 7.97. The Hall–Kier alpha value is -0.640. The summed E-state index contributed by atoms with van der Waals surface area (Å²) in [5, 5.41) is 0. The van der Waals surface area contributed by atoms with Crippen LogP contribution in [0.15, 0.2) is 72.9 Å². The molecule has 5 heteroatoms. The van der Waals surface area contributed by atoms with Gasteiger partial charge in [-0.05, 0) is 32.1 Å². The van der Waals surface area contributed by atoms with Gasteiger partial charge < -0.3 is 4.52 Å². The second-order valence-electron chi connectivity index (χ2n) is 5.92. The Labute approximate surface area is 172 Å². The van der Waals surface area contributed by atoms with E-state index < -0.39 is 0 Å². The van der Waals surface area contributed by atoms with Crippen LogP contribution in [0.3, 0.4) is 0 Å². The summed E-state index contributed by atoms with van der Waals surface area (Å²) in [6.45, 7) is 4.31. The first kappa shape index (κ1) is 26.4. The molecule has 4 unspecified atom stereocenters. The molecule has 0 aromatic heterocycles. The molecule has 0 heterocycles. The summed E-state index contributed by atoms with van der Waals surface area (Å²) in [5.41, 5.74) is 0.0306. The Morgan fingerprint density at radius 2 is 1.63 bits per heavy atom. The topological polar surface area (TPSA) is 26.3 Å². The van der Waals surface area contributed by atoms with Crippen molar-refractivity contribution < 1.29 is 9.09 Å². The van der Waals surface area contributed by atoms with Crippen LogP contribution in [0.5, 0.6) is 0 Å². The van der Waals surface area contributed by atoms with Crippen LogP contribution in [0.1, 0.15) is 52.4 Å². The highest BCUT2D eigenvalue weighted by Crippen LogP contribution is 2.25. The molecule has 0 bridgehead atoms. The summed E-state index contributed by atoms with van der Waals surface area (Å²) < 4.78 is 16.9. The molecule has 0 rings (SSSR count). The van der Waals surface area contributed by atoms with Crippen molar-refractivity contribution in [1.29, 1.82) is 0 Å². The summed E-state index contributed by atoms with van der Waals surface area (Å²) in [6, 6.07) is 0. The van der Waals surface area contributed by atoms with E-state index in [1.807, 2.05) is 30.4 Å². The molecule has 0 spiro atoms. The van der Waals surface area contributed by atoms with Crippen molar-refractivity contribution in [1.82, 2.24) is 0 Å². The number of rotatable bonds is 16. The van der Waals surface area contributed by atoms with Gasteiger partial charge in [-0.15, -0.1) is 0 Å². The Balaban J connectivity index is 4.26. The van der Waals surface area contributed by atoms with Crippen LogP contribution in [0.25, 0.3) is 0 Å². The monoisotopic (exact) mass is 424 g/mol. The van der Waals surface area contributed by atoms with Gasteiger partial charge in [-0.25, -0.2) is 0 Å². The predicted molar refractivity (Wildman–Crippen MR) is 128 cm³/mol. The maximum Gasteiger partial charge on any atom is 0.163 e. The van der Waals surface area contributed by atoms with Gasteiger partial charge >= 0.3 is 0 Å². The average Bonchev–Trinajstić information content (AvgIpc) is 2.68. The van der Waals surface area contributed by atoms with Gasteiger partial charge in [0.1, 0.15) is 0 Å². The van der Waals surface area contributed by atoms with Crippen molar-refractivity contribution >= 4 is 25.9 Å². The molecule has 0 radical (unpaired) electrons. The molecular weight excluding hydrogens is 389 g/mol. The first-order valence-corrected chi connectivity index (χ1v) is 13.3. The number of hydrogen-bond acceptors (Lipinski definition) is 2. The Morgan fingerprint density at radius 3 is 2.30 bits per heavy atom. The molecule has 0 aromatic carbocycles. The highest BCUT2D eigenvalue weighted by molar-refractivity contribution is 8.00. The van der Waals surface area contributed by atoms with Crippen molar-refractivity contribution in [2.45, 2.75) is 64.1 Å². The van der Waals surface area contributed by atoms with Crippen molar-refractivity contribution in [2.24, 2.45) is 0 Å². The summed E-state index contributed by atoms with van der Waals surface area (Å²) in [7, 11) is 3.18. The van der Waals surface area contributed by atoms with Crippen LogP contribution in [-0.4, -0.2) is 11.8 Å². The lowest BCUT2D eigenvalue weighted by molar-refractivity contribution is 0.296. The Bertz CT molecular complexity index is 520. The van der Waals surface area contributed by atoms with E-state index in [1.54, 1.807) is 0 Å². The van der Waals surface area contributed by atoms with E-state index in [0.717, 1.165) is 32.1 Å². The lowest BCUT2D eigenvalue weighted by Crippen LogP contribution is -2.01. The fourth-order valence-electron chi connectivity index (χ4n) is 2.11. The molecule has 0 saturated heterocycles. The van der Waals surface area contributed by atoms with Gasteiger partial charge in [-0.2, -0.15) is 0 Å². The summed E-state index contributed by atoms with van der Waals surface area (Å²) in [6.07, 6.45) is 31.0. The molecule has 4 atom stereocenters. The lowest BCUT2D eigenvalue weighted by atomic mass is 10.2. The fourth-order valence-corrected chi connectivity index (χ4v) is 3.36. The SMILES string of the molecule is CCC=CCC(C=CC=CC=CC(CC=CCC=CCCC)P=O)OPP. The zero-order chi connectivity index (χ0) is 20.0. The van der Waals surface area contributed by atoms with Crippen LogP contribution < -0.4 is 0 Å². The predicted octanol–water partition coefficient (Wildman–Crippen LogP) is 8.13. The minimum Gasteiger partial charge on any atom is -0.351 e. The molecule has 2 nitrogen and oxygen atoms in total. The van der Waals surface area contributed by atoms with E-state index in [-0.39, 0.29) is 20.2 Å². The minimum atomic E-state index is 0.0306. The number of allylic oxidation sites excluding steroid dienone is 10. The van der Waals surface area contributed by atoms with Crippen LogP contribution in [0.4, 0.5) is 0 Å². The van der Waals surface area contributed by atoms with Crippen LogP contribution in [0.2, 0.25) is 0 Å². The van der Waals surface area contributed by atoms with Gasteiger partial charge in [-0.3, -0.25) is 4.57 Å². The van der Waals surface area contributed by atoms with Gasteiger partial charge in [0, 0.05) is 8.50 Å². The van der Waals surface area contributed by atoms with Crippen molar-refractivity contribution in [3.05, 3.63) is 72.9 Å². The normalized spacial score (nSPS) is 16.1. The molecule has 0 amide bonds. The lowest BCUT2D eigenvalue weighted by Gasteiger charge is -2.09. The summed E-state index contributed by atoms with van der Waals surface area (Å²) in [4.78, 5) is 0. The smallest absolute Gasteiger partial charge is 0.163 e. The molecule has 0 aromatic rings. The summed E-state index contributed by atoms with van der Waals surface area (Å²) >= 11 is 0. The standard InChI is InChI=1S/C22H35O2P3/c1-3-5-7-8-9-10-15-19-22(26-23)20-16-12-11-14-18-21(24-27-25)17-13-6-4-2/h6-8,10-16,18,20-22,27H,3-5,9,17,19,25H2,1-2H3. The molecule has 0 fully saturated rings. The maximum absolute atomic E-state index is 11.3. The molecular formula is C22H35O2P3. The van der Waals surface area contributed by atoms with E-state index in [2.05, 4.69) is 65.3 Å². The first-order chi connectivity index (χ1) is 13.3. The Kier molecular flexibility index (Phi) is 21.1. The third kappa shape index (κ3) is 18.5. The van der Waals surface area contributed by atoms with Gasteiger partial charge in [0.2, 0.25) is 0 Å². The molecule has 0 N–H and O–H groups in total. The third-order valence-electron chi connectivity index (χ3n) is 3.56. The van der Waals surface area contributed by atoms with E-state index in [9.17, 15) is 4.57 Å². The van der Waals surface area contributed by atoms with Crippen molar-refractivity contribution in [3.8, 4) is 0 Å². The molecule has 0 aliphatic heterocycles. The Morgan fingerprint density at radius 1 is 0.926 bits per heavy atom. The number of unbranched alkanes of at least 4 members (excludes halogenated alkanes) is 1. The van der Waals surface area contributed by atoms with Gasteiger partial charge in [0.05, 0.1) is 11.8 Å². The van der Waals surface area contributed by atoms with Crippen LogP contribution in [-0.2, 0) is 9.09 Å². The molecule has 0 aliphatic carbocycles. The zero-order valence-electron chi connectivity index (χ0n) is 16.7. The molecule has 0 saturated carbocycles. The van der Waals surface area contributed by atoms with Gasteiger partial charge in [0.25, 0.3) is 0 Å². The van der Waals surface area contributed by atoms with Crippen molar-refractivity contribution in [2.75, 3.05) is 0 Å².